The lowest BCUT2D eigenvalue weighted by Gasteiger charge is -2.24. The molecule has 1 atom stereocenters. The number of hydrogen-bond acceptors (Lipinski definition) is 2. The summed E-state index contributed by atoms with van der Waals surface area (Å²) in [7, 11) is 0. The third kappa shape index (κ3) is 2.74. The average molecular weight is 299 g/mol. The van der Waals surface area contributed by atoms with Gasteiger partial charge in [0.15, 0.2) is 0 Å². The van der Waals surface area contributed by atoms with Crippen LogP contribution in [0.4, 0.5) is 0 Å². The van der Waals surface area contributed by atoms with E-state index >= 15 is 0 Å². The molecule has 2 aromatic rings. The summed E-state index contributed by atoms with van der Waals surface area (Å²) in [6, 6.07) is 8.46. The quantitative estimate of drug-likeness (QED) is 0.911. The molecule has 0 unspecified atom stereocenters. The molecule has 1 aromatic carbocycles. The molecule has 3 rings (SSSR count). The Balaban J connectivity index is 2.04. The number of hydrogen-bond donors (Lipinski definition) is 1. The minimum Gasteiger partial charge on any atom is -0.346 e. The number of amides is 1. The molecule has 1 fully saturated rings. The fraction of sp³-hybridized carbons (Fsp3) is 0.556. The number of nitrogens with zero attached hydrogens (tertiary/aromatic N) is 2. The van der Waals surface area contributed by atoms with Gasteiger partial charge in [0.05, 0.1) is 17.1 Å². The van der Waals surface area contributed by atoms with Gasteiger partial charge in [-0.3, -0.25) is 4.79 Å². The number of para-hydroxylation sites is 2. The zero-order valence-corrected chi connectivity index (χ0v) is 13.8. The first-order valence-electron chi connectivity index (χ1n) is 8.26. The van der Waals surface area contributed by atoms with E-state index in [0.29, 0.717) is 12.0 Å². The lowest BCUT2D eigenvalue weighted by molar-refractivity contribution is -0.123. The maximum atomic E-state index is 12.2. The third-order valence-corrected chi connectivity index (χ3v) is 4.33. The van der Waals surface area contributed by atoms with E-state index in [1.807, 2.05) is 18.2 Å². The van der Waals surface area contributed by atoms with Crippen LogP contribution in [0.2, 0.25) is 0 Å². The van der Waals surface area contributed by atoms with Gasteiger partial charge in [0, 0.05) is 12.0 Å². The second-order valence-electron chi connectivity index (χ2n) is 6.93. The van der Waals surface area contributed by atoms with Crippen LogP contribution in [0.5, 0.6) is 0 Å². The summed E-state index contributed by atoms with van der Waals surface area (Å²) in [5, 5.41) is 3.23. The van der Waals surface area contributed by atoms with Gasteiger partial charge in [-0.15, -0.1) is 0 Å². The number of imidazole rings is 1. The first-order valence-corrected chi connectivity index (χ1v) is 8.26. The lowest BCUT2D eigenvalue weighted by Crippen LogP contribution is -2.34. The summed E-state index contributed by atoms with van der Waals surface area (Å²) in [5.41, 5.74) is 2.14. The number of carbonyl (C=O) groups is 1. The molecule has 4 heteroatoms. The molecule has 1 aromatic heterocycles. The fourth-order valence-electron chi connectivity index (χ4n) is 2.97. The van der Waals surface area contributed by atoms with Crippen molar-refractivity contribution in [2.24, 2.45) is 11.8 Å². The Labute approximate surface area is 131 Å². The van der Waals surface area contributed by atoms with Gasteiger partial charge in [-0.1, -0.05) is 26.0 Å². The Bertz CT molecular complexity index is 683. The maximum absolute atomic E-state index is 12.2. The first kappa shape index (κ1) is 15.1. The van der Waals surface area contributed by atoms with Gasteiger partial charge in [-0.25, -0.2) is 4.98 Å². The second kappa shape index (κ2) is 5.75. The standard InChI is InChI=1S/C18H25N3O/c1-11(2)16(20-18(22)13-9-10-13)17-19-14-7-5-6-8-15(14)21(17)12(3)4/h5-8,11-13,16H,9-10H2,1-4H3,(H,20,22)/t16-/m1/s1. The van der Waals surface area contributed by atoms with Gasteiger partial charge in [0.2, 0.25) is 5.91 Å². The normalized spacial score (nSPS) is 16.5. The topological polar surface area (TPSA) is 46.9 Å². The highest BCUT2D eigenvalue weighted by molar-refractivity contribution is 5.81. The molecular weight excluding hydrogens is 274 g/mol. The molecule has 1 N–H and O–H groups in total. The Morgan fingerprint density at radius 1 is 1.23 bits per heavy atom. The summed E-state index contributed by atoms with van der Waals surface area (Å²) in [6.45, 7) is 8.61. The van der Waals surface area contributed by atoms with Crippen molar-refractivity contribution in [2.75, 3.05) is 0 Å². The molecule has 1 saturated carbocycles. The van der Waals surface area contributed by atoms with Crippen LogP contribution in [0, 0.1) is 11.8 Å². The van der Waals surface area contributed by atoms with Crippen LogP contribution in [-0.4, -0.2) is 15.5 Å². The summed E-state index contributed by atoms with van der Waals surface area (Å²) in [5.74, 6) is 1.68. The van der Waals surface area contributed by atoms with E-state index in [1.54, 1.807) is 0 Å². The van der Waals surface area contributed by atoms with E-state index in [1.165, 1.54) is 0 Å². The molecule has 0 aliphatic heterocycles. The van der Waals surface area contributed by atoms with Crippen LogP contribution in [0.3, 0.4) is 0 Å². The van der Waals surface area contributed by atoms with Crippen molar-refractivity contribution in [3.63, 3.8) is 0 Å². The molecule has 0 saturated heterocycles. The Hall–Kier alpha value is -1.84. The van der Waals surface area contributed by atoms with Crippen molar-refractivity contribution in [3.05, 3.63) is 30.1 Å². The highest BCUT2D eigenvalue weighted by atomic mass is 16.2. The molecule has 118 valence electrons. The Kier molecular flexibility index (Phi) is 3.94. The van der Waals surface area contributed by atoms with E-state index in [0.717, 1.165) is 29.7 Å². The van der Waals surface area contributed by atoms with E-state index in [4.69, 9.17) is 4.98 Å². The molecule has 1 aliphatic rings. The molecular formula is C18H25N3O. The van der Waals surface area contributed by atoms with E-state index in [9.17, 15) is 4.79 Å². The number of benzene rings is 1. The molecule has 4 nitrogen and oxygen atoms in total. The highest BCUT2D eigenvalue weighted by Gasteiger charge is 2.33. The lowest BCUT2D eigenvalue weighted by atomic mass is 10.0. The minimum absolute atomic E-state index is 0.0390. The molecule has 0 spiro atoms. The number of aromatic nitrogens is 2. The summed E-state index contributed by atoms with van der Waals surface area (Å²) in [6.07, 6.45) is 2.05. The van der Waals surface area contributed by atoms with Gasteiger partial charge >= 0.3 is 0 Å². The predicted molar refractivity (Wildman–Crippen MR) is 88.6 cm³/mol. The molecule has 22 heavy (non-hydrogen) atoms. The van der Waals surface area contributed by atoms with Gasteiger partial charge in [0.25, 0.3) is 0 Å². The van der Waals surface area contributed by atoms with Crippen LogP contribution in [0.15, 0.2) is 24.3 Å². The van der Waals surface area contributed by atoms with Crippen molar-refractivity contribution in [1.82, 2.24) is 14.9 Å². The van der Waals surface area contributed by atoms with E-state index in [-0.39, 0.29) is 17.9 Å². The Morgan fingerprint density at radius 3 is 2.50 bits per heavy atom. The SMILES string of the molecule is CC(C)[C@@H](NC(=O)C1CC1)c1nc2ccccc2n1C(C)C. The number of fused-ring (bicyclic) bond motifs is 1. The van der Waals surface area contributed by atoms with Crippen molar-refractivity contribution in [3.8, 4) is 0 Å². The number of rotatable bonds is 5. The van der Waals surface area contributed by atoms with Gasteiger partial charge in [-0.05, 0) is 44.7 Å². The van der Waals surface area contributed by atoms with E-state index in [2.05, 4.69) is 43.6 Å². The van der Waals surface area contributed by atoms with Crippen molar-refractivity contribution in [1.29, 1.82) is 0 Å². The predicted octanol–water partition coefficient (Wildman–Crippen LogP) is 3.84. The largest absolute Gasteiger partial charge is 0.346 e. The second-order valence-corrected chi connectivity index (χ2v) is 6.93. The van der Waals surface area contributed by atoms with Crippen molar-refractivity contribution >= 4 is 16.9 Å². The molecule has 1 heterocycles. The molecule has 0 radical (unpaired) electrons. The fourth-order valence-corrected chi connectivity index (χ4v) is 2.97. The smallest absolute Gasteiger partial charge is 0.223 e. The van der Waals surface area contributed by atoms with Gasteiger partial charge in [0.1, 0.15) is 5.82 Å². The van der Waals surface area contributed by atoms with Crippen molar-refractivity contribution < 1.29 is 4.79 Å². The summed E-state index contributed by atoms with van der Waals surface area (Å²) < 4.78 is 2.26. The summed E-state index contributed by atoms with van der Waals surface area (Å²) >= 11 is 0. The molecule has 0 bridgehead atoms. The molecule has 1 aliphatic carbocycles. The third-order valence-electron chi connectivity index (χ3n) is 4.33. The first-order chi connectivity index (χ1) is 10.5. The van der Waals surface area contributed by atoms with E-state index < -0.39 is 0 Å². The zero-order valence-electron chi connectivity index (χ0n) is 13.8. The van der Waals surface area contributed by atoms with Crippen LogP contribution < -0.4 is 5.32 Å². The van der Waals surface area contributed by atoms with Crippen LogP contribution in [-0.2, 0) is 4.79 Å². The molecule has 1 amide bonds. The summed E-state index contributed by atoms with van der Waals surface area (Å²) in [4.78, 5) is 17.1. The van der Waals surface area contributed by atoms with Gasteiger partial charge < -0.3 is 9.88 Å². The minimum atomic E-state index is -0.0390. The number of carbonyl (C=O) groups excluding carboxylic acids is 1. The van der Waals surface area contributed by atoms with Crippen LogP contribution >= 0.6 is 0 Å². The Morgan fingerprint density at radius 2 is 1.91 bits per heavy atom. The van der Waals surface area contributed by atoms with Crippen LogP contribution in [0.25, 0.3) is 11.0 Å². The number of nitrogens with one attached hydrogen (secondary N) is 1. The zero-order chi connectivity index (χ0) is 15.9. The maximum Gasteiger partial charge on any atom is 0.223 e. The monoisotopic (exact) mass is 299 g/mol. The van der Waals surface area contributed by atoms with Crippen LogP contribution in [0.1, 0.15) is 58.4 Å². The average Bonchev–Trinajstić information content (AvgIpc) is 3.24. The highest BCUT2D eigenvalue weighted by Crippen LogP contribution is 2.32. The van der Waals surface area contributed by atoms with Gasteiger partial charge in [-0.2, -0.15) is 0 Å². The van der Waals surface area contributed by atoms with Crippen molar-refractivity contribution in [2.45, 2.75) is 52.6 Å².